The molecular formula is C12H22O5. The minimum atomic E-state index is -0.435. The Morgan fingerprint density at radius 2 is 1.47 bits per heavy atom. The van der Waals surface area contributed by atoms with Gasteiger partial charge in [0, 0.05) is 6.42 Å². The summed E-state index contributed by atoms with van der Waals surface area (Å²) >= 11 is 0. The third-order valence-electron chi connectivity index (χ3n) is 2.81. The molecule has 3 heterocycles. The second kappa shape index (κ2) is 4.82. The minimum absolute atomic E-state index is 0.102. The van der Waals surface area contributed by atoms with E-state index >= 15 is 0 Å². The highest BCUT2D eigenvalue weighted by molar-refractivity contribution is 4.79. The summed E-state index contributed by atoms with van der Waals surface area (Å²) in [7, 11) is 0. The first-order chi connectivity index (χ1) is 7.88. The van der Waals surface area contributed by atoms with Gasteiger partial charge in [-0.05, 0) is 27.7 Å². The van der Waals surface area contributed by atoms with E-state index in [1.807, 2.05) is 27.7 Å². The topological polar surface area (TPSA) is 46.2 Å². The normalized spacial score (nSPS) is 37.4. The van der Waals surface area contributed by atoms with E-state index in [9.17, 15) is 0 Å². The van der Waals surface area contributed by atoms with E-state index in [1.165, 1.54) is 0 Å². The molecular weight excluding hydrogens is 224 g/mol. The lowest BCUT2D eigenvalue weighted by molar-refractivity contribution is -0.192. The monoisotopic (exact) mass is 246 g/mol. The molecule has 3 aliphatic heterocycles. The van der Waals surface area contributed by atoms with Crippen LogP contribution < -0.4 is 0 Å². The van der Waals surface area contributed by atoms with Crippen molar-refractivity contribution in [3.8, 4) is 0 Å². The van der Waals surface area contributed by atoms with E-state index in [0.29, 0.717) is 0 Å². The van der Waals surface area contributed by atoms with Crippen molar-refractivity contribution in [1.29, 1.82) is 0 Å². The third-order valence-corrected chi connectivity index (χ3v) is 2.81. The number of hydrogen-bond donors (Lipinski definition) is 0. The van der Waals surface area contributed by atoms with Gasteiger partial charge in [0.25, 0.3) is 0 Å². The fourth-order valence-corrected chi connectivity index (χ4v) is 2.06. The Hall–Kier alpha value is -0.200. The van der Waals surface area contributed by atoms with Crippen molar-refractivity contribution in [2.75, 3.05) is 19.8 Å². The Bertz CT molecular complexity index is 242. The largest absolute Gasteiger partial charge is 0.350 e. The summed E-state index contributed by atoms with van der Waals surface area (Å²) in [5.74, 6) is -0.740. The Morgan fingerprint density at radius 1 is 0.824 bits per heavy atom. The van der Waals surface area contributed by atoms with Crippen molar-refractivity contribution in [2.24, 2.45) is 0 Å². The number of fused-ring (bicyclic) bond motifs is 1. The first-order valence-corrected chi connectivity index (χ1v) is 6.13. The summed E-state index contributed by atoms with van der Waals surface area (Å²) in [6, 6.07) is 0. The standard InChI is InChI=1S/C7H12O3.C5H10O2/c1-7(2)9-5-3-4-8-6(5)10-7;1-5(2)6-3-4-7-5/h5-6H,3-4H2,1-2H3;3-4H2,1-2H3. The van der Waals surface area contributed by atoms with Crippen molar-refractivity contribution in [2.45, 2.75) is 58.1 Å². The molecule has 2 atom stereocenters. The van der Waals surface area contributed by atoms with Gasteiger partial charge in [-0.25, -0.2) is 0 Å². The van der Waals surface area contributed by atoms with E-state index in [4.69, 9.17) is 23.7 Å². The molecule has 0 saturated carbocycles. The van der Waals surface area contributed by atoms with Crippen LogP contribution in [-0.4, -0.2) is 43.8 Å². The molecule has 3 saturated heterocycles. The van der Waals surface area contributed by atoms with Gasteiger partial charge in [-0.2, -0.15) is 0 Å². The first-order valence-electron chi connectivity index (χ1n) is 6.13. The van der Waals surface area contributed by atoms with Crippen LogP contribution in [0.2, 0.25) is 0 Å². The summed E-state index contributed by atoms with van der Waals surface area (Å²) in [5, 5.41) is 0. The summed E-state index contributed by atoms with van der Waals surface area (Å²) in [4.78, 5) is 0. The molecule has 3 fully saturated rings. The maximum atomic E-state index is 5.53. The van der Waals surface area contributed by atoms with Gasteiger partial charge in [0.15, 0.2) is 17.9 Å². The number of rotatable bonds is 0. The van der Waals surface area contributed by atoms with Crippen molar-refractivity contribution < 1.29 is 23.7 Å². The second-order valence-electron chi connectivity index (χ2n) is 5.30. The Balaban J connectivity index is 0.000000136. The molecule has 0 amide bonds. The highest BCUT2D eigenvalue weighted by atomic mass is 16.8. The Labute approximate surface area is 102 Å². The molecule has 17 heavy (non-hydrogen) atoms. The SMILES string of the molecule is CC1(C)OC2CCOC2O1.CC1(C)OCCO1. The van der Waals surface area contributed by atoms with Gasteiger partial charge in [-0.1, -0.05) is 0 Å². The fourth-order valence-electron chi connectivity index (χ4n) is 2.06. The highest BCUT2D eigenvalue weighted by Crippen LogP contribution is 2.33. The molecule has 3 aliphatic rings. The molecule has 2 unspecified atom stereocenters. The predicted octanol–water partition coefficient (Wildman–Crippen LogP) is 1.65. The van der Waals surface area contributed by atoms with Crippen LogP contribution in [-0.2, 0) is 23.7 Å². The summed E-state index contributed by atoms with van der Waals surface area (Å²) in [5.41, 5.74) is 0. The van der Waals surface area contributed by atoms with Gasteiger partial charge in [-0.3, -0.25) is 0 Å². The number of ether oxygens (including phenoxy) is 5. The summed E-state index contributed by atoms with van der Waals surface area (Å²) < 4.78 is 26.5. The van der Waals surface area contributed by atoms with Crippen LogP contribution in [0.3, 0.4) is 0 Å². The average Bonchev–Trinajstić information content (AvgIpc) is 2.80. The third kappa shape index (κ3) is 3.63. The van der Waals surface area contributed by atoms with E-state index < -0.39 is 5.79 Å². The van der Waals surface area contributed by atoms with E-state index in [1.54, 1.807) is 0 Å². The average molecular weight is 246 g/mol. The molecule has 0 aliphatic carbocycles. The molecule has 0 aromatic heterocycles. The quantitative estimate of drug-likeness (QED) is 0.650. The predicted molar refractivity (Wildman–Crippen MR) is 60.4 cm³/mol. The van der Waals surface area contributed by atoms with Gasteiger partial charge < -0.3 is 23.7 Å². The zero-order valence-corrected chi connectivity index (χ0v) is 11.0. The van der Waals surface area contributed by atoms with Crippen LogP contribution in [0.4, 0.5) is 0 Å². The van der Waals surface area contributed by atoms with Crippen LogP contribution in [0, 0.1) is 0 Å². The Kier molecular flexibility index (Phi) is 3.75. The lowest BCUT2D eigenvalue weighted by Crippen LogP contribution is -2.22. The van der Waals surface area contributed by atoms with Crippen LogP contribution >= 0.6 is 0 Å². The second-order valence-corrected chi connectivity index (χ2v) is 5.30. The summed E-state index contributed by atoms with van der Waals surface area (Å²) in [6.45, 7) is 9.91. The molecule has 5 nitrogen and oxygen atoms in total. The van der Waals surface area contributed by atoms with Gasteiger partial charge >= 0.3 is 0 Å². The molecule has 0 radical (unpaired) electrons. The maximum absolute atomic E-state index is 5.53. The molecule has 0 aromatic carbocycles. The number of hydrogen-bond acceptors (Lipinski definition) is 5. The highest BCUT2D eigenvalue weighted by Gasteiger charge is 2.44. The first kappa shape index (κ1) is 13.2. The van der Waals surface area contributed by atoms with Crippen LogP contribution in [0.5, 0.6) is 0 Å². The molecule has 5 heteroatoms. The van der Waals surface area contributed by atoms with Crippen molar-refractivity contribution in [3.05, 3.63) is 0 Å². The van der Waals surface area contributed by atoms with Crippen LogP contribution in [0.15, 0.2) is 0 Å². The van der Waals surface area contributed by atoms with Crippen LogP contribution in [0.1, 0.15) is 34.1 Å². The molecule has 0 N–H and O–H groups in total. The summed E-state index contributed by atoms with van der Waals surface area (Å²) in [6.07, 6.45) is 1.04. The van der Waals surface area contributed by atoms with Gasteiger partial charge in [0.1, 0.15) is 6.10 Å². The molecule has 0 bridgehead atoms. The van der Waals surface area contributed by atoms with Crippen molar-refractivity contribution in [1.82, 2.24) is 0 Å². The van der Waals surface area contributed by atoms with E-state index in [-0.39, 0.29) is 18.2 Å². The zero-order valence-electron chi connectivity index (χ0n) is 11.0. The zero-order chi connectivity index (χ0) is 12.5. The van der Waals surface area contributed by atoms with Crippen LogP contribution in [0.25, 0.3) is 0 Å². The Morgan fingerprint density at radius 3 is 1.94 bits per heavy atom. The molecule has 3 rings (SSSR count). The molecule has 100 valence electrons. The van der Waals surface area contributed by atoms with E-state index in [0.717, 1.165) is 26.2 Å². The maximum Gasteiger partial charge on any atom is 0.187 e. The van der Waals surface area contributed by atoms with Crippen molar-refractivity contribution >= 4 is 0 Å². The molecule has 0 aromatic rings. The fraction of sp³-hybridized carbons (Fsp3) is 1.00. The van der Waals surface area contributed by atoms with E-state index in [2.05, 4.69) is 0 Å². The smallest absolute Gasteiger partial charge is 0.187 e. The lowest BCUT2D eigenvalue weighted by atomic mass is 10.3. The van der Waals surface area contributed by atoms with Gasteiger partial charge in [0.05, 0.1) is 19.8 Å². The minimum Gasteiger partial charge on any atom is -0.350 e. The van der Waals surface area contributed by atoms with Gasteiger partial charge in [0.2, 0.25) is 0 Å². The lowest BCUT2D eigenvalue weighted by Gasteiger charge is -2.17. The van der Waals surface area contributed by atoms with Gasteiger partial charge in [-0.15, -0.1) is 0 Å². The molecule has 0 spiro atoms. The van der Waals surface area contributed by atoms with Crippen molar-refractivity contribution in [3.63, 3.8) is 0 Å².